The monoisotopic (exact) mass is 192 g/mol. The topological polar surface area (TPSA) is 54.4 Å². The summed E-state index contributed by atoms with van der Waals surface area (Å²) in [6.07, 6.45) is 3.93. The molecule has 72 valence electrons. The SMILES string of the molecule is CCCCCC(C)=CS(=O)(=O)O. The van der Waals surface area contributed by atoms with Crippen molar-refractivity contribution in [2.24, 2.45) is 0 Å². The molecule has 0 aromatic heterocycles. The van der Waals surface area contributed by atoms with Gasteiger partial charge in [0.25, 0.3) is 10.1 Å². The van der Waals surface area contributed by atoms with Gasteiger partial charge >= 0.3 is 0 Å². The Kier molecular flexibility index (Phi) is 5.17. The summed E-state index contributed by atoms with van der Waals surface area (Å²) in [4.78, 5) is 0. The van der Waals surface area contributed by atoms with E-state index in [2.05, 4.69) is 6.92 Å². The third kappa shape index (κ3) is 7.75. The fourth-order valence-corrected chi connectivity index (χ4v) is 1.59. The first-order chi connectivity index (χ1) is 5.45. The van der Waals surface area contributed by atoms with E-state index >= 15 is 0 Å². The molecule has 0 aliphatic heterocycles. The van der Waals surface area contributed by atoms with Gasteiger partial charge in [0.1, 0.15) is 0 Å². The largest absolute Gasteiger partial charge is 0.287 e. The Morgan fingerprint density at radius 2 is 2.00 bits per heavy atom. The molecule has 0 aliphatic carbocycles. The molecule has 12 heavy (non-hydrogen) atoms. The average molecular weight is 192 g/mol. The molecule has 0 atom stereocenters. The van der Waals surface area contributed by atoms with Crippen LogP contribution in [0.3, 0.4) is 0 Å². The van der Waals surface area contributed by atoms with Crippen LogP contribution in [0.4, 0.5) is 0 Å². The standard InChI is InChI=1S/C8H16O3S/c1-3-4-5-6-8(2)7-12(9,10)11/h7H,3-6H2,1-2H3,(H,9,10,11). The maximum atomic E-state index is 10.4. The zero-order chi connectivity index (χ0) is 9.61. The van der Waals surface area contributed by atoms with Gasteiger partial charge in [0.05, 0.1) is 5.41 Å². The minimum atomic E-state index is -3.92. The van der Waals surface area contributed by atoms with Crippen molar-refractivity contribution in [3.63, 3.8) is 0 Å². The number of rotatable bonds is 5. The first kappa shape index (κ1) is 11.6. The van der Waals surface area contributed by atoms with Crippen LogP contribution in [0.25, 0.3) is 0 Å². The lowest BCUT2D eigenvalue weighted by atomic mass is 10.1. The minimum absolute atomic E-state index is 0.714. The Labute approximate surface area is 74.2 Å². The molecule has 0 spiro atoms. The van der Waals surface area contributed by atoms with Gasteiger partial charge in [-0.25, -0.2) is 0 Å². The highest BCUT2D eigenvalue weighted by Crippen LogP contribution is 2.08. The molecule has 0 unspecified atom stereocenters. The van der Waals surface area contributed by atoms with Gasteiger partial charge in [0.2, 0.25) is 0 Å². The maximum Gasteiger partial charge on any atom is 0.287 e. The van der Waals surface area contributed by atoms with E-state index in [9.17, 15) is 8.42 Å². The van der Waals surface area contributed by atoms with Crippen LogP contribution in [0.1, 0.15) is 39.5 Å². The molecule has 0 bridgehead atoms. The van der Waals surface area contributed by atoms with Crippen LogP contribution in [-0.2, 0) is 10.1 Å². The van der Waals surface area contributed by atoms with Crippen molar-refractivity contribution in [2.45, 2.75) is 39.5 Å². The minimum Gasteiger partial charge on any atom is -0.282 e. The number of hydrogen-bond donors (Lipinski definition) is 1. The van der Waals surface area contributed by atoms with Crippen molar-refractivity contribution in [3.05, 3.63) is 11.0 Å². The summed E-state index contributed by atoms with van der Waals surface area (Å²) in [5, 5.41) is 0.919. The Hall–Kier alpha value is -0.350. The van der Waals surface area contributed by atoms with Crippen LogP contribution in [-0.4, -0.2) is 13.0 Å². The van der Waals surface area contributed by atoms with Crippen molar-refractivity contribution in [1.82, 2.24) is 0 Å². The molecule has 0 aromatic rings. The molecule has 0 saturated heterocycles. The van der Waals surface area contributed by atoms with E-state index in [1.165, 1.54) is 0 Å². The highest BCUT2D eigenvalue weighted by molar-refractivity contribution is 7.88. The molecular formula is C8H16O3S. The van der Waals surface area contributed by atoms with Gasteiger partial charge in [0, 0.05) is 0 Å². The quantitative estimate of drug-likeness (QED) is 0.537. The normalized spacial score (nSPS) is 13.4. The molecule has 0 heterocycles. The molecule has 1 N–H and O–H groups in total. The summed E-state index contributed by atoms with van der Waals surface area (Å²) >= 11 is 0. The average Bonchev–Trinajstić information content (AvgIpc) is 1.84. The lowest BCUT2D eigenvalue weighted by Crippen LogP contribution is -1.92. The van der Waals surface area contributed by atoms with E-state index in [1.807, 2.05) is 0 Å². The van der Waals surface area contributed by atoms with Gasteiger partial charge in [-0.2, -0.15) is 8.42 Å². The molecular weight excluding hydrogens is 176 g/mol. The van der Waals surface area contributed by atoms with Crippen molar-refractivity contribution < 1.29 is 13.0 Å². The molecule has 0 radical (unpaired) electrons. The molecule has 0 aliphatic rings. The van der Waals surface area contributed by atoms with Crippen LogP contribution in [0.2, 0.25) is 0 Å². The van der Waals surface area contributed by atoms with Crippen LogP contribution >= 0.6 is 0 Å². The lowest BCUT2D eigenvalue weighted by Gasteiger charge is -1.98. The van der Waals surface area contributed by atoms with Gasteiger partial charge in [-0.3, -0.25) is 4.55 Å². The van der Waals surface area contributed by atoms with Crippen LogP contribution in [0.5, 0.6) is 0 Å². The van der Waals surface area contributed by atoms with E-state index in [-0.39, 0.29) is 0 Å². The van der Waals surface area contributed by atoms with Gasteiger partial charge < -0.3 is 0 Å². The van der Waals surface area contributed by atoms with Gasteiger partial charge in [-0.15, -0.1) is 0 Å². The van der Waals surface area contributed by atoms with E-state index < -0.39 is 10.1 Å². The summed E-state index contributed by atoms with van der Waals surface area (Å²) in [7, 11) is -3.92. The molecule has 3 nitrogen and oxygen atoms in total. The highest BCUT2D eigenvalue weighted by Gasteiger charge is 1.99. The zero-order valence-electron chi connectivity index (χ0n) is 7.58. The second kappa shape index (κ2) is 5.32. The molecule has 0 rings (SSSR count). The second-order valence-electron chi connectivity index (χ2n) is 2.94. The summed E-state index contributed by atoms with van der Waals surface area (Å²) in [6.45, 7) is 3.80. The van der Waals surface area contributed by atoms with Crippen molar-refractivity contribution in [2.75, 3.05) is 0 Å². The Morgan fingerprint density at radius 3 is 2.42 bits per heavy atom. The molecule has 4 heteroatoms. The second-order valence-corrected chi connectivity index (χ2v) is 4.20. The van der Waals surface area contributed by atoms with Crippen molar-refractivity contribution in [3.8, 4) is 0 Å². The number of allylic oxidation sites excluding steroid dienone is 1. The summed E-state index contributed by atoms with van der Waals surface area (Å²) in [5.41, 5.74) is 0.714. The predicted octanol–water partition coefficient (Wildman–Crippen LogP) is 2.36. The first-order valence-corrected chi connectivity index (χ1v) is 5.60. The predicted molar refractivity (Wildman–Crippen MR) is 49.4 cm³/mol. The molecule has 0 amide bonds. The fraction of sp³-hybridized carbons (Fsp3) is 0.750. The third-order valence-electron chi connectivity index (χ3n) is 1.52. The van der Waals surface area contributed by atoms with Gasteiger partial charge in [-0.1, -0.05) is 25.3 Å². The maximum absolute atomic E-state index is 10.4. The zero-order valence-corrected chi connectivity index (χ0v) is 8.39. The molecule has 0 fully saturated rings. The van der Waals surface area contributed by atoms with Gasteiger partial charge in [-0.05, 0) is 19.8 Å². The van der Waals surface area contributed by atoms with Crippen molar-refractivity contribution >= 4 is 10.1 Å². The number of unbranched alkanes of at least 4 members (excludes halogenated alkanes) is 2. The van der Waals surface area contributed by atoms with Crippen LogP contribution < -0.4 is 0 Å². The van der Waals surface area contributed by atoms with E-state index in [1.54, 1.807) is 6.92 Å². The van der Waals surface area contributed by atoms with Crippen LogP contribution in [0, 0.1) is 0 Å². The Balaban J connectivity index is 3.88. The van der Waals surface area contributed by atoms with Crippen LogP contribution in [0.15, 0.2) is 11.0 Å². The molecule has 0 aromatic carbocycles. The van der Waals surface area contributed by atoms with Gasteiger partial charge in [0.15, 0.2) is 0 Å². The summed E-state index contributed by atoms with van der Waals surface area (Å²) in [5.74, 6) is 0. The molecule has 0 saturated carbocycles. The van der Waals surface area contributed by atoms with E-state index in [4.69, 9.17) is 4.55 Å². The summed E-state index contributed by atoms with van der Waals surface area (Å²) in [6, 6.07) is 0. The fourth-order valence-electron chi connectivity index (χ4n) is 0.967. The van der Waals surface area contributed by atoms with Crippen molar-refractivity contribution in [1.29, 1.82) is 0 Å². The van der Waals surface area contributed by atoms with E-state index in [0.717, 1.165) is 31.1 Å². The summed E-state index contributed by atoms with van der Waals surface area (Å²) < 4.78 is 29.1. The Bertz CT molecular complexity index is 239. The lowest BCUT2D eigenvalue weighted by molar-refractivity contribution is 0.494. The first-order valence-electron chi connectivity index (χ1n) is 4.10. The third-order valence-corrected chi connectivity index (χ3v) is 2.23. The number of hydrogen-bond acceptors (Lipinski definition) is 2. The van der Waals surface area contributed by atoms with E-state index in [0.29, 0.717) is 5.57 Å². The highest BCUT2D eigenvalue weighted by atomic mass is 32.2. The Morgan fingerprint density at radius 1 is 1.42 bits per heavy atom. The smallest absolute Gasteiger partial charge is 0.282 e.